The van der Waals surface area contributed by atoms with Gasteiger partial charge in [-0.25, -0.2) is 0 Å². The van der Waals surface area contributed by atoms with Crippen LogP contribution in [0.5, 0.6) is 0 Å². The van der Waals surface area contributed by atoms with Gasteiger partial charge < -0.3 is 0 Å². The third-order valence-electron chi connectivity index (χ3n) is 1.84. The molecule has 13 heavy (non-hydrogen) atoms. The second-order valence-corrected chi connectivity index (χ2v) is 11.1. The molecule has 0 atom stereocenters. The van der Waals surface area contributed by atoms with Crippen molar-refractivity contribution < 1.29 is 0 Å². The van der Waals surface area contributed by atoms with Crippen molar-refractivity contribution in [2.75, 3.05) is 0 Å². The number of rotatable bonds is 2. The average Bonchev–Trinajstić information content (AvgIpc) is 2.03. The summed E-state index contributed by atoms with van der Waals surface area (Å²) in [6.45, 7) is 4.26. The topological polar surface area (TPSA) is 0 Å². The lowest BCUT2D eigenvalue weighted by molar-refractivity contribution is 0.868. The fourth-order valence-electron chi connectivity index (χ4n) is 1.05. The highest BCUT2D eigenvalue weighted by Gasteiger charge is 2.12. The largest absolute Gasteiger partial charge is 0.147 e. The zero-order valence-electron chi connectivity index (χ0n) is 7.50. The van der Waals surface area contributed by atoms with Gasteiger partial charge in [-0.1, -0.05) is 66.3 Å². The van der Waals surface area contributed by atoms with E-state index >= 15 is 0 Å². The molecule has 0 bridgehead atoms. The lowest BCUT2D eigenvalue weighted by atomic mass is 10.0. The highest BCUT2D eigenvalue weighted by atomic mass is 35.9. The number of benzene rings is 1. The normalized spacial score (nSPS) is 12.1. The molecule has 0 aromatic heterocycles. The minimum Gasteiger partial charge on any atom is -0.0633 e. The second-order valence-electron chi connectivity index (χ2n) is 3.21. The maximum atomic E-state index is 5.93. The molecule has 0 aliphatic carbocycles. The van der Waals surface area contributed by atoms with E-state index < -0.39 is 4.74 Å². The molecule has 72 valence electrons. The van der Waals surface area contributed by atoms with Gasteiger partial charge in [0.05, 0.1) is 0 Å². The van der Waals surface area contributed by atoms with Gasteiger partial charge in [-0.3, -0.25) is 0 Å². The van der Waals surface area contributed by atoms with E-state index in [0.29, 0.717) is 5.92 Å². The molecular weight excluding hydrogens is 242 g/mol. The molecule has 0 saturated carbocycles. The van der Waals surface area contributed by atoms with E-state index in [1.807, 2.05) is 18.2 Å². The Morgan fingerprint density at radius 1 is 1.31 bits per heavy atom. The van der Waals surface area contributed by atoms with E-state index in [0.717, 1.165) is 5.30 Å². The van der Waals surface area contributed by atoms with Gasteiger partial charge in [-0.15, -0.1) is 0 Å². The van der Waals surface area contributed by atoms with Crippen molar-refractivity contribution in [3.8, 4) is 0 Å². The summed E-state index contributed by atoms with van der Waals surface area (Å²) in [5.74, 6) is 0.481. The SMILES string of the molecule is CC(C)c1cccc(P(=S)(Cl)Cl)c1. The van der Waals surface area contributed by atoms with Gasteiger partial charge in [0.25, 0.3) is 0 Å². The minimum absolute atomic E-state index is 0.481. The Morgan fingerprint density at radius 3 is 2.38 bits per heavy atom. The van der Waals surface area contributed by atoms with E-state index in [9.17, 15) is 0 Å². The van der Waals surface area contributed by atoms with Crippen molar-refractivity contribution in [2.24, 2.45) is 0 Å². The van der Waals surface area contributed by atoms with Crippen molar-refractivity contribution in [1.82, 2.24) is 0 Å². The number of hydrogen-bond donors (Lipinski definition) is 0. The van der Waals surface area contributed by atoms with Gasteiger partial charge in [0.1, 0.15) is 4.74 Å². The molecule has 0 radical (unpaired) electrons. The third kappa shape index (κ3) is 3.25. The zero-order valence-corrected chi connectivity index (χ0v) is 10.7. The molecule has 0 aliphatic rings. The predicted molar refractivity (Wildman–Crippen MR) is 66.2 cm³/mol. The van der Waals surface area contributed by atoms with Gasteiger partial charge in [0.15, 0.2) is 0 Å². The van der Waals surface area contributed by atoms with Crippen molar-refractivity contribution in [2.45, 2.75) is 19.8 Å². The van der Waals surface area contributed by atoms with Crippen LogP contribution in [0, 0.1) is 0 Å². The molecular formula is C9H11Cl2PS. The molecule has 0 unspecified atom stereocenters. The first-order valence-corrected chi connectivity index (χ1v) is 8.62. The monoisotopic (exact) mass is 252 g/mol. The zero-order chi connectivity index (χ0) is 10.1. The fraction of sp³-hybridized carbons (Fsp3) is 0.333. The summed E-state index contributed by atoms with van der Waals surface area (Å²) in [5.41, 5.74) is 1.23. The molecule has 1 aromatic carbocycles. The highest BCUT2D eigenvalue weighted by Crippen LogP contribution is 2.55. The maximum absolute atomic E-state index is 5.93. The van der Waals surface area contributed by atoms with Crippen LogP contribution in [0.2, 0.25) is 0 Å². The maximum Gasteiger partial charge on any atom is 0.147 e. The first-order chi connectivity index (χ1) is 5.91. The van der Waals surface area contributed by atoms with Crippen LogP contribution < -0.4 is 5.30 Å². The van der Waals surface area contributed by atoms with E-state index in [1.54, 1.807) is 0 Å². The molecule has 0 N–H and O–H groups in total. The van der Waals surface area contributed by atoms with E-state index in [1.165, 1.54) is 5.56 Å². The summed E-state index contributed by atoms with van der Waals surface area (Å²) in [5, 5.41) is 0.886. The number of halogens is 2. The van der Waals surface area contributed by atoms with Crippen LogP contribution in [0.4, 0.5) is 0 Å². The molecule has 0 fully saturated rings. The molecule has 1 aromatic rings. The summed E-state index contributed by atoms with van der Waals surface area (Å²) in [7, 11) is 0. The highest BCUT2D eigenvalue weighted by molar-refractivity contribution is 8.42. The quantitative estimate of drug-likeness (QED) is 0.711. The standard InChI is InChI=1S/C9H11Cl2PS/c1-7(2)8-4-3-5-9(6-8)12(10,11)13/h3-7H,1-2H3. The first kappa shape index (κ1) is 11.5. The minimum atomic E-state index is -2.31. The number of hydrogen-bond acceptors (Lipinski definition) is 1. The van der Waals surface area contributed by atoms with Crippen molar-refractivity contribution in [1.29, 1.82) is 0 Å². The Kier molecular flexibility index (Phi) is 3.82. The molecule has 4 heteroatoms. The Morgan fingerprint density at radius 2 is 1.92 bits per heavy atom. The molecule has 0 amide bonds. The van der Waals surface area contributed by atoms with E-state index in [-0.39, 0.29) is 0 Å². The third-order valence-corrected chi connectivity index (χ3v) is 4.52. The van der Waals surface area contributed by atoms with Crippen molar-refractivity contribution in [3.05, 3.63) is 29.8 Å². The Hall–Kier alpha value is 0.450. The lowest BCUT2D eigenvalue weighted by Crippen LogP contribution is -1.99. The summed E-state index contributed by atoms with van der Waals surface area (Å²) >= 11 is 16.9. The van der Waals surface area contributed by atoms with Crippen molar-refractivity contribution in [3.63, 3.8) is 0 Å². The molecule has 0 nitrogen and oxygen atoms in total. The van der Waals surface area contributed by atoms with Gasteiger partial charge in [0.2, 0.25) is 0 Å². The van der Waals surface area contributed by atoms with Gasteiger partial charge in [-0.05, 0) is 17.5 Å². The fourth-order valence-corrected chi connectivity index (χ4v) is 2.58. The Balaban J connectivity index is 3.13. The van der Waals surface area contributed by atoms with Gasteiger partial charge in [-0.2, -0.15) is 0 Å². The molecule has 0 spiro atoms. The molecule has 1 rings (SSSR count). The van der Waals surface area contributed by atoms with Crippen LogP contribution in [0.1, 0.15) is 25.3 Å². The molecule has 0 saturated heterocycles. The summed E-state index contributed by atoms with van der Waals surface area (Å²) in [6.07, 6.45) is 0. The van der Waals surface area contributed by atoms with Crippen LogP contribution in [0.25, 0.3) is 0 Å². The van der Waals surface area contributed by atoms with Crippen LogP contribution in [0.3, 0.4) is 0 Å². The summed E-state index contributed by atoms with van der Waals surface area (Å²) in [4.78, 5) is 0. The van der Waals surface area contributed by atoms with Crippen LogP contribution in [-0.2, 0) is 11.8 Å². The second kappa shape index (κ2) is 4.31. The molecule has 0 heterocycles. The van der Waals surface area contributed by atoms with Crippen molar-refractivity contribution >= 4 is 44.3 Å². The molecule has 0 aliphatic heterocycles. The van der Waals surface area contributed by atoms with Gasteiger partial charge >= 0.3 is 0 Å². The van der Waals surface area contributed by atoms with E-state index in [2.05, 4.69) is 19.9 Å². The Bertz CT molecular complexity index is 343. The Labute approximate surface area is 93.8 Å². The predicted octanol–water partition coefficient (Wildman–Crippen LogP) is 4.22. The summed E-state index contributed by atoms with van der Waals surface area (Å²) < 4.78 is -2.31. The average molecular weight is 253 g/mol. The summed E-state index contributed by atoms with van der Waals surface area (Å²) in [6, 6.07) is 7.92. The first-order valence-electron chi connectivity index (χ1n) is 4.01. The smallest absolute Gasteiger partial charge is 0.0633 e. The van der Waals surface area contributed by atoms with E-state index in [4.69, 9.17) is 34.3 Å². The van der Waals surface area contributed by atoms with Crippen LogP contribution in [0.15, 0.2) is 24.3 Å². The van der Waals surface area contributed by atoms with Gasteiger partial charge in [0, 0.05) is 5.30 Å². The lowest BCUT2D eigenvalue weighted by Gasteiger charge is -2.10. The van der Waals surface area contributed by atoms with Crippen LogP contribution in [-0.4, -0.2) is 0 Å². The van der Waals surface area contributed by atoms with Crippen LogP contribution >= 0.6 is 27.2 Å².